The number of nitriles is 1. The number of aryl methyl sites for hydroxylation is 1. The molecule has 4 rings (SSSR count). The highest BCUT2D eigenvalue weighted by atomic mass is 32.1. The number of hydrogen-bond acceptors (Lipinski definition) is 5. The zero-order chi connectivity index (χ0) is 13.7. The highest BCUT2D eigenvalue weighted by Gasteiger charge is 2.48. The van der Waals surface area contributed by atoms with Crippen LogP contribution in [0.1, 0.15) is 17.4 Å². The summed E-state index contributed by atoms with van der Waals surface area (Å²) in [5.74, 6) is 0. The Balaban J connectivity index is 1.79. The molecule has 4 heterocycles. The molecule has 0 bridgehead atoms. The Morgan fingerprint density at radius 2 is 2.30 bits per heavy atom. The molecule has 5 heteroatoms. The van der Waals surface area contributed by atoms with Gasteiger partial charge in [-0.05, 0) is 12.5 Å². The molecular formula is C15H16N4S. The number of pyridine rings is 1. The molecule has 0 radical (unpaired) electrons. The molecule has 0 atom stereocenters. The maximum absolute atomic E-state index is 9.39. The SMILES string of the molecule is CCc1cc2c(N3CC4(CNC4)C3)c(C#N)cnc2s1. The van der Waals surface area contributed by atoms with Gasteiger partial charge < -0.3 is 10.2 Å². The summed E-state index contributed by atoms with van der Waals surface area (Å²) in [7, 11) is 0. The van der Waals surface area contributed by atoms with Crippen molar-refractivity contribution in [2.75, 3.05) is 31.1 Å². The van der Waals surface area contributed by atoms with Crippen molar-refractivity contribution in [1.29, 1.82) is 5.26 Å². The minimum atomic E-state index is 0.464. The van der Waals surface area contributed by atoms with Crippen molar-refractivity contribution in [3.05, 3.63) is 22.7 Å². The van der Waals surface area contributed by atoms with Crippen LogP contribution in [-0.4, -0.2) is 31.2 Å². The number of aromatic nitrogens is 1. The van der Waals surface area contributed by atoms with Crippen LogP contribution in [0.4, 0.5) is 5.69 Å². The predicted octanol–water partition coefficient (Wildman–Crippen LogP) is 2.14. The number of nitrogens with one attached hydrogen (secondary N) is 1. The standard InChI is InChI=1S/C15H16N4S/c1-2-11-3-12-13(10(4-16)5-18-14(12)20-11)19-8-15(9-19)6-17-7-15/h3,5,17H,2,6-9H2,1H3. The second kappa shape index (κ2) is 4.18. The zero-order valence-corrected chi connectivity index (χ0v) is 12.3. The third-order valence-electron chi connectivity index (χ3n) is 4.42. The van der Waals surface area contributed by atoms with Crippen LogP contribution in [0, 0.1) is 16.7 Å². The summed E-state index contributed by atoms with van der Waals surface area (Å²) < 4.78 is 0. The molecule has 2 aliphatic rings. The Morgan fingerprint density at radius 3 is 2.90 bits per heavy atom. The van der Waals surface area contributed by atoms with Crippen molar-refractivity contribution < 1.29 is 0 Å². The van der Waals surface area contributed by atoms with Crippen LogP contribution < -0.4 is 10.2 Å². The van der Waals surface area contributed by atoms with Crippen molar-refractivity contribution in [3.8, 4) is 6.07 Å². The lowest BCUT2D eigenvalue weighted by molar-refractivity contribution is 0.121. The van der Waals surface area contributed by atoms with E-state index in [4.69, 9.17) is 0 Å². The second-order valence-corrected chi connectivity index (χ2v) is 6.99. The first-order chi connectivity index (χ1) is 9.74. The summed E-state index contributed by atoms with van der Waals surface area (Å²) in [6.07, 6.45) is 2.76. The van der Waals surface area contributed by atoms with E-state index in [-0.39, 0.29) is 0 Å². The first-order valence-corrected chi connectivity index (χ1v) is 7.83. The van der Waals surface area contributed by atoms with Crippen LogP contribution >= 0.6 is 11.3 Å². The molecule has 0 aromatic carbocycles. The number of anilines is 1. The van der Waals surface area contributed by atoms with E-state index in [9.17, 15) is 5.26 Å². The Morgan fingerprint density at radius 1 is 1.50 bits per heavy atom. The fourth-order valence-corrected chi connectivity index (χ4v) is 4.19. The lowest BCUT2D eigenvalue weighted by Gasteiger charge is -2.57. The first-order valence-electron chi connectivity index (χ1n) is 7.02. The van der Waals surface area contributed by atoms with Crippen molar-refractivity contribution in [1.82, 2.24) is 10.3 Å². The molecule has 0 amide bonds. The fraction of sp³-hybridized carbons (Fsp3) is 0.467. The van der Waals surface area contributed by atoms with E-state index < -0.39 is 0 Å². The van der Waals surface area contributed by atoms with E-state index in [0.717, 1.165) is 48.5 Å². The molecule has 2 aromatic rings. The minimum absolute atomic E-state index is 0.464. The molecule has 102 valence electrons. The number of fused-ring (bicyclic) bond motifs is 1. The van der Waals surface area contributed by atoms with Gasteiger partial charge in [0.15, 0.2) is 0 Å². The monoisotopic (exact) mass is 284 g/mol. The Hall–Kier alpha value is -1.64. The molecule has 2 fully saturated rings. The molecule has 1 N–H and O–H groups in total. The average Bonchev–Trinajstić information content (AvgIpc) is 2.78. The molecular weight excluding hydrogens is 268 g/mol. The number of thiophene rings is 1. The topological polar surface area (TPSA) is 52.0 Å². The van der Waals surface area contributed by atoms with Crippen LogP contribution in [0.5, 0.6) is 0 Å². The quantitative estimate of drug-likeness (QED) is 0.918. The molecule has 1 spiro atoms. The highest BCUT2D eigenvalue weighted by Crippen LogP contribution is 2.42. The Labute approximate surface area is 122 Å². The van der Waals surface area contributed by atoms with Gasteiger partial charge in [-0.3, -0.25) is 0 Å². The van der Waals surface area contributed by atoms with Crippen molar-refractivity contribution in [3.63, 3.8) is 0 Å². The molecule has 0 saturated carbocycles. The largest absolute Gasteiger partial charge is 0.368 e. The Kier molecular flexibility index (Phi) is 2.53. The number of hydrogen-bond donors (Lipinski definition) is 1. The van der Waals surface area contributed by atoms with Crippen LogP contribution in [0.15, 0.2) is 12.3 Å². The molecule has 20 heavy (non-hydrogen) atoms. The average molecular weight is 284 g/mol. The zero-order valence-electron chi connectivity index (χ0n) is 11.4. The van der Waals surface area contributed by atoms with E-state index in [1.165, 1.54) is 4.88 Å². The van der Waals surface area contributed by atoms with Crippen molar-refractivity contribution >= 4 is 27.2 Å². The third-order valence-corrected chi connectivity index (χ3v) is 5.61. The fourth-order valence-electron chi connectivity index (χ4n) is 3.25. The Bertz CT molecular complexity index is 715. The lowest BCUT2D eigenvalue weighted by Crippen LogP contribution is -2.71. The summed E-state index contributed by atoms with van der Waals surface area (Å²) >= 11 is 1.74. The molecule has 0 unspecified atom stereocenters. The smallest absolute Gasteiger partial charge is 0.125 e. The van der Waals surface area contributed by atoms with Gasteiger partial charge >= 0.3 is 0 Å². The van der Waals surface area contributed by atoms with Gasteiger partial charge in [0.2, 0.25) is 0 Å². The third kappa shape index (κ3) is 1.58. The van der Waals surface area contributed by atoms with E-state index >= 15 is 0 Å². The second-order valence-electron chi connectivity index (χ2n) is 5.88. The maximum atomic E-state index is 9.39. The van der Waals surface area contributed by atoms with Crippen LogP contribution in [0.2, 0.25) is 0 Å². The minimum Gasteiger partial charge on any atom is -0.368 e. The molecule has 2 aliphatic heterocycles. The van der Waals surface area contributed by atoms with E-state index in [0.29, 0.717) is 11.0 Å². The summed E-state index contributed by atoms with van der Waals surface area (Å²) in [5.41, 5.74) is 2.28. The molecule has 0 aliphatic carbocycles. The summed E-state index contributed by atoms with van der Waals surface area (Å²) in [6, 6.07) is 4.53. The molecule has 2 aromatic heterocycles. The van der Waals surface area contributed by atoms with Crippen molar-refractivity contribution in [2.45, 2.75) is 13.3 Å². The van der Waals surface area contributed by atoms with Gasteiger partial charge in [-0.25, -0.2) is 4.98 Å². The van der Waals surface area contributed by atoms with E-state index in [1.54, 1.807) is 17.5 Å². The van der Waals surface area contributed by atoms with Gasteiger partial charge in [0.1, 0.15) is 10.9 Å². The van der Waals surface area contributed by atoms with Gasteiger partial charge in [0.25, 0.3) is 0 Å². The van der Waals surface area contributed by atoms with Gasteiger partial charge in [-0.15, -0.1) is 11.3 Å². The van der Waals surface area contributed by atoms with Gasteiger partial charge in [-0.2, -0.15) is 5.26 Å². The summed E-state index contributed by atoms with van der Waals surface area (Å²) in [6.45, 7) is 6.51. The van der Waals surface area contributed by atoms with Gasteiger partial charge in [0, 0.05) is 48.1 Å². The normalized spacial score (nSPS) is 19.7. The number of nitrogens with zero attached hydrogens (tertiary/aromatic N) is 3. The predicted molar refractivity (Wildman–Crippen MR) is 81.2 cm³/mol. The van der Waals surface area contributed by atoms with Gasteiger partial charge in [0.05, 0.1) is 11.3 Å². The van der Waals surface area contributed by atoms with E-state index in [1.807, 2.05) is 0 Å². The molecule has 4 nitrogen and oxygen atoms in total. The summed E-state index contributed by atoms with van der Waals surface area (Å²) in [4.78, 5) is 9.20. The van der Waals surface area contributed by atoms with Gasteiger partial charge in [-0.1, -0.05) is 6.92 Å². The van der Waals surface area contributed by atoms with Crippen LogP contribution in [0.25, 0.3) is 10.2 Å². The van der Waals surface area contributed by atoms with Crippen molar-refractivity contribution in [2.24, 2.45) is 5.41 Å². The number of rotatable bonds is 2. The highest BCUT2D eigenvalue weighted by molar-refractivity contribution is 7.18. The van der Waals surface area contributed by atoms with Crippen LogP contribution in [-0.2, 0) is 6.42 Å². The summed E-state index contributed by atoms with van der Waals surface area (Å²) in [5, 5.41) is 13.9. The van der Waals surface area contributed by atoms with Crippen LogP contribution in [0.3, 0.4) is 0 Å². The first kappa shape index (κ1) is 12.1. The van der Waals surface area contributed by atoms with E-state index in [2.05, 4.69) is 34.3 Å². The lowest BCUT2D eigenvalue weighted by atomic mass is 9.74. The molecule has 2 saturated heterocycles. The maximum Gasteiger partial charge on any atom is 0.125 e.